The van der Waals surface area contributed by atoms with Gasteiger partial charge in [0.15, 0.2) is 0 Å². The van der Waals surface area contributed by atoms with Crippen molar-refractivity contribution in [3.8, 4) is 0 Å². The van der Waals surface area contributed by atoms with Gasteiger partial charge in [0.05, 0.1) is 5.60 Å². The number of aliphatic hydroxyl groups is 1. The van der Waals surface area contributed by atoms with Crippen molar-refractivity contribution in [2.24, 2.45) is 7.05 Å². The van der Waals surface area contributed by atoms with Crippen molar-refractivity contribution >= 4 is 10.9 Å². The van der Waals surface area contributed by atoms with Gasteiger partial charge in [-0.3, -0.25) is 0 Å². The fraction of sp³-hybridized carbons (Fsp3) is 0.385. The lowest BCUT2D eigenvalue weighted by Crippen LogP contribution is -2.14. The van der Waals surface area contributed by atoms with Gasteiger partial charge in [-0.2, -0.15) is 0 Å². The van der Waals surface area contributed by atoms with Crippen LogP contribution in [-0.4, -0.2) is 9.67 Å². The first-order valence-corrected chi connectivity index (χ1v) is 5.18. The van der Waals surface area contributed by atoms with E-state index in [9.17, 15) is 5.11 Å². The zero-order valence-corrected chi connectivity index (χ0v) is 9.70. The highest BCUT2D eigenvalue weighted by atomic mass is 16.3. The molecule has 2 heteroatoms. The number of aryl methyl sites for hydroxylation is 2. The molecule has 0 amide bonds. The van der Waals surface area contributed by atoms with Crippen molar-refractivity contribution in [1.82, 2.24) is 4.57 Å². The van der Waals surface area contributed by atoms with Crippen molar-refractivity contribution in [1.29, 1.82) is 0 Å². The Balaban J connectivity index is 2.67. The Hall–Kier alpha value is -1.28. The van der Waals surface area contributed by atoms with Crippen LogP contribution < -0.4 is 0 Å². The summed E-state index contributed by atoms with van der Waals surface area (Å²) in [5.74, 6) is 0. The molecule has 1 heterocycles. The van der Waals surface area contributed by atoms with Gasteiger partial charge in [-0.1, -0.05) is 6.07 Å². The molecule has 0 aliphatic rings. The summed E-state index contributed by atoms with van der Waals surface area (Å²) in [7, 11) is 2.06. The minimum absolute atomic E-state index is 0.766. The minimum Gasteiger partial charge on any atom is -0.386 e. The predicted octanol–water partition coefficient (Wildman–Crippen LogP) is 2.71. The zero-order chi connectivity index (χ0) is 11.2. The molecule has 0 fully saturated rings. The molecule has 0 saturated carbocycles. The standard InChI is InChI=1S/C13H17NO/c1-9-7-10-8-11(13(2,3)15)5-6-12(10)14(9)4/h5-8,15H,1-4H3. The molecule has 0 spiro atoms. The highest BCUT2D eigenvalue weighted by molar-refractivity contribution is 5.82. The summed E-state index contributed by atoms with van der Waals surface area (Å²) in [6.45, 7) is 5.71. The van der Waals surface area contributed by atoms with Crippen LogP contribution in [0.1, 0.15) is 25.1 Å². The fourth-order valence-corrected chi connectivity index (χ4v) is 1.87. The number of nitrogens with zero attached hydrogens (tertiary/aromatic N) is 1. The third-order valence-electron chi connectivity index (χ3n) is 2.99. The van der Waals surface area contributed by atoms with Crippen LogP contribution in [0.5, 0.6) is 0 Å². The summed E-state index contributed by atoms with van der Waals surface area (Å²) in [6, 6.07) is 8.25. The Morgan fingerprint density at radius 3 is 2.47 bits per heavy atom. The van der Waals surface area contributed by atoms with Crippen molar-refractivity contribution in [3.05, 3.63) is 35.5 Å². The van der Waals surface area contributed by atoms with Crippen LogP contribution in [0.4, 0.5) is 0 Å². The molecule has 0 radical (unpaired) electrons. The van der Waals surface area contributed by atoms with E-state index in [-0.39, 0.29) is 0 Å². The van der Waals surface area contributed by atoms with E-state index in [1.165, 1.54) is 16.6 Å². The van der Waals surface area contributed by atoms with Crippen LogP contribution in [0.2, 0.25) is 0 Å². The van der Waals surface area contributed by atoms with E-state index < -0.39 is 5.60 Å². The van der Waals surface area contributed by atoms with Gasteiger partial charge in [-0.25, -0.2) is 0 Å². The SMILES string of the molecule is Cc1cc2cc(C(C)(C)O)ccc2n1C. The second-order valence-corrected chi connectivity index (χ2v) is 4.68. The van der Waals surface area contributed by atoms with Crippen molar-refractivity contribution in [3.63, 3.8) is 0 Å². The maximum absolute atomic E-state index is 9.92. The number of fused-ring (bicyclic) bond motifs is 1. The average molecular weight is 203 g/mol. The van der Waals surface area contributed by atoms with E-state index >= 15 is 0 Å². The van der Waals surface area contributed by atoms with Crippen LogP contribution in [0.3, 0.4) is 0 Å². The third kappa shape index (κ3) is 1.65. The van der Waals surface area contributed by atoms with Gasteiger partial charge >= 0.3 is 0 Å². The Bertz CT molecular complexity index is 503. The maximum atomic E-state index is 9.92. The Kier molecular flexibility index (Phi) is 2.12. The van der Waals surface area contributed by atoms with E-state index in [1.807, 2.05) is 19.9 Å². The summed E-state index contributed by atoms with van der Waals surface area (Å²) < 4.78 is 2.16. The number of hydrogen-bond donors (Lipinski definition) is 1. The first-order valence-electron chi connectivity index (χ1n) is 5.18. The lowest BCUT2D eigenvalue weighted by Gasteiger charge is -2.17. The molecule has 1 aromatic heterocycles. The Labute approximate surface area is 90.2 Å². The van der Waals surface area contributed by atoms with Gasteiger partial charge in [0.25, 0.3) is 0 Å². The molecule has 0 aliphatic heterocycles. The number of benzene rings is 1. The smallest absolute Gasteiger partial charge is 0.0840 e. The molecule has 1 N–H and O–H groups in total. The van der Waals surface area contributed by atoms with Crippen molar-refractivity contribution in [2.45, 2.75) is 26.4 Å². The molecule has 80 valence electrons. The molecular weight excluding hydrogens is 186 g/mol. The van der Waals surface area contributed by atoms with Gasteiger partial charge in [-0.05, 0) is 44.5 Å². The molecule has 0 aliphatic carbocycles. The molecule has 1 aromatic carbocycles. The lowest BCUT2D eigenvalue weighted by atomic mass is 9.97. The summed E-state index contributed by atoms with van der Waals surface area (Å²) in [5.41, 5.74) is 2.64. The summed E-state index contributed by atoms with van der Waals surface area (Å²) in [6.07, 6.45) is 0. The largest absolute Gasteiger partial charge is 0.386 e. The van der Waals surface area contributed by atoms with Gasteiger partial charge < -0.3 is 9.67 Å². The van der Waals surface area contributed by atoms with Crippen LogP contribution >= 0.6 is 0 Å². The molecule has 15 heavy (non-hydrogen) atoms. The van der Waals surface area contributed by atoms with Crippen LogP contribution in [0.15, 0.2) is 24.3 Å². The van der Waals surface area contributed by atoms with Gasteiger partial charge in [0, 0.05) is 23.6 Å². The summed E-state index contributed by atoms with van der Waals surface area (Å²) in [4.78, 5) is 0. The zero-order valence-electron chi connectivity index (χ0n) is 9.70. The lowest BCUT2D eigenvalue weighted by molar-refractivity contribution is 0.0787. The van der Waals surface area contributed by atoms with Crippen LogP contribution in [-0.2, 0) is 12.6 Å². The summed E-state index contributed by atoms with van der Waals surface area (Å²) >= 11 is 0. The average Bonchev–Trinajstić information content (AvgIpc) is 2.41. The minimum atomic E-state index is -0.766. The highest BCUT2D eigenvalue weighted by Gasteiger charge is 2.16. The topological polar surface area (TPSA) is 25.2 Å². The van der Waals surface area contributed by atoms with E-state index in [1.54, 1.807) is 0 Å². The monoisotopic (exact) mass is 203 g/mol. The molecule has 0 atom stereocenters. The van der Waals surface area contributed by atoms with E-state index in [0.29, 0.717) is 0 Å². The Morgan fingerprint density at radius 2 is 1.87 bits per heavy atom. The van der Waals surface area contributed by atoms with Crippen molar-refractivity contribution in [2.75, 3.05) is 0 Å². The predicted molar refractivity (Wildman–Crippen MR) is 62.9 cm³/mol. The molecule has 2 rings (SSSR count). The maximum Gasteiger partial charge on any atom is 0.0840 e. The molecule has 0 saturated heterocycles. The number of rotatable bonds is 1. The van der Waals surface area contributed by atoms with Crippen molar-refractivity contribution < 1.29 is 5.11 Å². The van der Waals surface area contributed by atoms with E-state index in [4.69, 9.17) is 0 Å². The van der Waals surface area contributed by atoms with Gasteiger partial charge in [0.1, 0.15) is 0 Å². The fourth-order valence-electron chi connectivity index (χ4n) is 1.87. The van der Waals surface area contributed by atoms with Gasteiger partial charge in [-0.15, -0.1) is 0 Å². The van der Waals surface area contributed by atoms with Crippen LogP contribution in [0.25, 0.3) is 10.9 Å². The molecule has 0 bridgehead atoms. The van der Waals surface area contributed by atoms with E-state index in [2.05, 4.69) is 36.7 Å². The molecular formula is C13H17NO. The normalized spacial score (nSPS) is 12.3. The second-order valence-electron chi connectivity index (χ2n) is 4.68. The third-order valence-corrected chi connectivity index (χ3v) is 2.99. The highest BCUT2D eigenvalue weighted by Crippen LogP contribution is 2.25. The van der Waals surface area contributed by atoms with Crippen LogP contribution in [0, 0.1) is 6.92 Å². The number of hydrogen-bond acceptors (Lipinski definition) is 1. The summed E-state index contributed by atoms with van der Waals surface area (Å²) in [5, 5.41) is 11.1. The molecule has 2 nitrogen and oxygen atoms in total. The first kappa shape index (κ1) is 10.2. The van der Waals surface area contributed by atoms with Gasteiger partial charge in [0.2, 0.25) is 0 Å². The molecule has 0 unspecified atom stereocenters. The first-order chi connectivity index (χ1) is 6.89. The van der Waals surface area contributed by atoms with E-state index in [0.717, 1.165) is 5.56 Å². The quantitative estimate of drug-likeness (QED) is 0.757. The molecule has 2 aromatic rings. The Morgan fingerprint density at radius 1 is 1.20 bits per heavy atom. The second kappa shape index (κ2) is 3.11. The number of aromatic nitrogens is 1.